The number of fused-ring (bicyclic) bond motifs is 3. The van der Waals surface area contributed by atoms with Crippen LogP contribution in [0.15, 0.2) is 0 Å². The van der Waals surface area contributed by atoms with E-state index in [2.05, 4.69) is 27.7 Å². The summed E-state index contributed by atoms with van der Waals surface area (Å²) in [5.74, 6) is 1.34. The van der Waals surface area contributed by atoms with Gasteiger partial charge in [-0.25, -0.2) is 0 Å². The molecule has 1 saturated heterocycles. The van der Waals surface area contributed by atoms with Crippen molar-refractivity contribution < 1.29 is 14.9 Å². The Bertz CT molecular complexity index is 462. The van der Waals surface area contributed by atoms with E-state index in [4.69, 9.17) is 4.74 Å². The van der Waals surface area contributed by atoms with Crippen molar-refractivity contribution in [2.75, 3.05) is 6.61 Å². The van der Waals surface area contributed by atoms with E-state index in [-0.39, 0.29) is 12.2 Å². The van der Waals surface area contributed by atoms with Gasteiger partial charge in [-0.15, -0.1) is 0 Å². The first-order valence-electron chi connectivity index (χ1n) is 9.57. The molecule has 23 heavy (non-hydrogen) atoms. The number of aliphatic hydroxyl groups excluding tert-OH is 2. The average molecular weight is 325 g/mol. The first-order valence-corrected chi connectivity index (χ1v) is 9.57. The summed E-state index contributed by atoms with van der Waals surface area (Å²) in [7, 11) is 0. The fraction of sp³-hybridized carbons (Fsp3) is 1.00. The topological polar surface area (TPSA) is 49.7 Å². The second-order valence-electron chi connectivity index (χ2n) is 9.96. The molecule has 0 unspecified atom stereocenters. The van der Waals surface area contributed by atoms with Crippen molar-refractivity contribution in [2.24, 2.45) is 22.7 Å². The van der Waals surface area contributed by atoms with Crippen LogP contribution in [-0.2, 0) is 4.74 Å². The average Bonchev–Trinajstić information content (AvgIpc) is 2.44. The van der Waals surface area contributed by atoms with Crippen molar-refractivity contribution >= 4 is 0 Å². The zero-order chi connectivity index (χ0) is 17.1. The Morgan fingerprint density at radius 1 is 0.957 bits per heavy atom. The highest BCUT2D eigenvalue weighted by molar-refractivity contribution is 5.11. The third-order valence-electron chi connectivity index (χ3n) is 8.01. The van der Waals surface area contributed by atoms with E-state index in [1.807, 2.05) is 6.92 Å². The molecule has 3 rings (SSSR count). The first kappa shape index (κ1) is 17.7. The summed E-state index contributed by atoms with van der Waals surface area (Å²) in [5, 5.41) is 19.7. The molecule has 2 saturated carbocycles. The summed E-state index contributed by atoms with van der Waals surface area (Å²) in [6, 6.07) is 0. The molecule has 6 atom stereocenters. The van der Waals surface area contributed by atoms with Crippen LogP contribution in [0.2, 0.25) is 0 Å². The summed E-state index contributed by atoms with van der Waals surface area (Å²) in [5.41, 5.74) is 0.00907. The highest BCUT2D eigenvalue weighted by Gasteiger charge is 2.62. The number of hydrogen-bond acceptors (Lipinski definition) is 3. The Morgan fingerprint density at radius 2 is 1.61 bits per heavy atom. The normalized spacial score (nSPS) is 50.7. The van der Waals surface area contributed by atoms with E-state index in [0.29, 0.717) is 16.7 Å². The SMILES string of the molecule is CC1(C)CCC[C@]2(C)[C@H]3CC[C@](C)([C@H](O)CO)O[C@@]3(C)CC[C@@H]12. The maximum atomic E-state index is 10.3. The molecule has 134 valence electrons. The van der Waals surface area contributed by atoms with Gasteiger partial charge in [0.15, 0.2) is 0 Å². The minimum Gasteiger partial charge on any atom is -0.394 e. The van der Waals surface area contributed by atoms with Gasteiger partial charge >= 0.3 is 0 Å². The van der Waals surface area contributed by atoms with Crippen molar-refractivity contribution in [1.29, 1.82) is 0 Å². The largest absolute Gasteiger partial charge is 0.394 e. The Kier molecular flexibility index (Phi) is 4.18. The zero-order valence-corrected chi connectivity index (χ0v) is 15.7. The Morgan fingerprint density at radius 3 is 2.26 bits per heavy atom. The van der Waals surface area contributed by atoms with Gasteiger partial charge in [-0.05, 0) is 75.0 Å². The van der Waals surface area contributed by atoms with Gasteiger partial charge in [0.05, 0.1) is 17.8 Å². The third kappa shape index (κ3) is 2.58. The number of hydrogen-bond donors (Lipinski definition) is 2. The monoisotopic (exact) mass is 324 g/mol. The van der Waals surface area contributed by atoms with Crippen LogP contribution >= 0.6 is 0 Å². The molecule has 3 nitrogen and oxygen atoms in total. The molecular weight excluding hydrogens is 288 g/mol. The minimum atomic E-state index is -0.784. The maximum Gasteiger partial charge on any atom is 0.106 e. The number of rotatable bonds is 2. The molecule has 0 bridgehead atoms. The van der Waals surface area contributed by atoms with Crippen LogP contribution in [0.4, 0.5) is 0 Å². The minimum absolute atomic E-state index is 0.165. The highest BCUT2D eigenvalue weighted by Crippen LogP contribution is 2.65. The van der Waals surface area contributed by atoms with Crippen molar-refractivity contribution in [1.82, 2.24) is 0 Å². The van der Waals surface area contributed by atoms with E-state index in [9.17, 15) is 10.2 Å². The lowest BCUT2D eigenvalue weighted by molar-refractivity contribution is -0.287. The summed E-state index contributed by atoms with van der Waals surface area (Å²) in [4.78, 5) is 0. The van der Waals surface area contributed by atoms with E-state index in [0.717, 1.165) is 25.2 Å². The molecule has 1 heterocycles. The molecule has 3 heteroatoms. The van der Waals surface area contributed by atoms with Gasteiger partial charge in [-0.3, -0.25) is 0 Å². The quantitative estimate of drug-likeness (QED) is 0.809. The van der Waals surface area contributed by atoms with Crippen molar-refractivity contribution in [3.63, 3.8) is 0 Å². The van der Waals surface area contributed by atoms with Crippen LogP contribution < -0.4 is 0 Å². The molecule has 1 aliphatic heterocycles. The van der Waals surface area contributed by atoms with E-state index in [1.54, 1.807) is 0 Å². The van der Waals surface area contributed by atoms with Gasteiger partial charge in [0.2, 0.25) is 0 Å². The molecular formula is C20H36O3. The van der Waals surface area contributed by atoms with Crippen LogP contribution in [0.25, 0.3) is 0 Å². The van der Waals surface area contributed by atoms with Gasteiger partial charge in [0.25, 0.3) is 0 Å². The molecule has 0 aromatic carbocycles. The van der Waals surface area contributed by atoms with E-state index >= 15 is 0 Å². The van der Waals surface area contributed by atoms with E-state index < -0.39 is 11.7 Å². The lowest BCUT2D eigenvalue weighted by atomic mass is 9.44. The summed E-state index contributed by atoms with van der Waals surface area (Å²) < 4.78 is 6.59. The smallest absolute Gasteiger partial charge is 0.106 e. The predicted molar refractivity (Wildman–Crippen MR) is 92.2 cm³/mol. The summed E-state index contributed by atoms with van der Waals surface area (Å²) >= 11 is 0. The number of aliphatic hydroxyl groups is 2. The molecule has 0 aromatic rings. The van der Waals surface area contributed by atoms with Gasteiger partial charge < -0.3 is 14.9 Å². The second kappa shape index (κ2) is 5.44. The lowest BCUT2D eigenvalue weighted by Crippen LogP contribution is -2.64. The van der Waals surface area contributed by atoms with Gasteiger partial charge in [-0.1, -0.05) is 27.2 Å². The van der Waals surface area contributed by atoms with Crippen molar-refractivity contribution in [3.05, 3.63) is 0 Å². The summed E-state index contributed by atoms with van der Waals surface area (Å²) in [6.07, 6.45) is 7.45. The van der Waals surface area contributed by atoms with Crippen molar-refractivity contribution in [3.8, 4) is 0 Å². The zero-order valence-electron chi connectivity index (χ0n) is 15.7. The summed E-state index contributed by atoms with van der Waals surface area (Å²) in [6.45, 7) is 11.5. The van der Waals surface area contributed by atoms with Gasteiger partial charge in [0, 0.05) is 0 Å². The molecule has 0 aromatic heterocycles. The van der Waals surface area contributed by atoms with Crippen LogP contribution in [0.5, 0.6) is 0 Å². The molecule has 2 N–H and O–H groups in total. The first-order chi connectivity index (χ1) is 10.6. The Labute approximate surface area is 141 Å². The van der Waals surface area contributed by atoms with Crippen LogP contribution in [0.3, 0.4) is 0 Å². The fourth-order valence-electron chi connectivity index (χ4n) is 6.81. The fourth-order valence-corrected chi connectivity index (χ4v) is 6.81. The molecule has 0 radical (unpaired) electrons. The van der Waals surface area contributed by atoms with Crippen LogP contribution in [-0.4, -0.2) is 34.1 Å². The van der Waals surface area contributed by atoms with Crippen molar-refractivity contribution in [2.45, 2.75) is 96.9 Å². The van der Waals surface area contributed by atoms with E-state index in [1.165, 1.54) is 25.7 Å². The predicted octanol–water partition coefficient (Wildman–Crippen LogP) is 3.91. The Balaban J connectivity index is 1.90. The van der Waals surface area contributed by atoms with Crippen LogP contribution in [0, 0.1) is 22.7 Å². The highest BCUT2D eigenvalue weighted by atomic mass is 16.5. The van der Waals surface area contributed by atoms with Gasteiger partial charge in [-0.2, -0.15) is 0 Å². The second-order valence-corrected chi connectivity index (χ2v) is 9.96. The Hall–Kier alpha value is -0.120. The molecule has 3 aliphatic rings. The van der Waals surface area contributed by atoms with Gasteiger partial charge in [0.1, 0.15) is 6.10 Å². The molecule has 3 fully saturated rings. The molecule has 0 amide bonds. The molecule has 2 aliphatic carbocycles. The van der Waals surface area contributed by atoms with Crippen LogP contribution in [0.1, 0.15) is 79.6 Å². The lowest BCUT2D eigenvalue weighted by Gasteiger charge is -2.65. The maximum absolute atomic E-state index is 10.3. The number of ether oxygens (including phenoxy) is 1. The standard InChI is InChI=1S/C20H36O3/c1-17(2)9-6-10-18(3)14(17)7-11-19(4)15(18)8-12-20(5,23-19)16(22)13-21/h14-16,21-22H,6-13H2,1-5H3/t14-,15+,16+,18-,19-,20+/m0/s1. The third-order valence-corrected chi connectivity index (χ3v) is 8.01. The molecule has 0 spiro atoms.